The van der Waals surface area contributed by atoms with Gasteiger partial charge in [-0.25, -0.2) is 9.67 Å². The van der Waals surface area contributed by atoms with Gasteiger partial charge in [0, 0.05) is 12.6 Å². The van der Waals surface area contributed by atoms with E-state index in [0.717, 1.165) is 48.5 Å². The third-order valence-electron chi connectivity index (χ3n) is 3.88. The summed E-state index contributed by atoms with van der Waals surface area (Å²) in [5.41, 5.74) is 3.13. The molecule has 0 aliphatic carbocycles. The van der Waals surface area contributed by atoms with Gasteiger partial charge in [0.05, 0.1) is 11.1 Å². The molecule has 2 aromatic heterocycles. The van der Waals surface area contributed by atoms with Crippen molar-refractivity contribution in [3.8, 4) is 0 Å². The van der Waals surface area contributed by atoms with Gasteiger partial charge in [0.25, 0.3) is 0 Å². The second-order valence-electron chi connectivity index (χ2n) is 5.38. The molecule has 0 fully saturated rings. The van der Waals surface area contributed by atoms with Gasteiger partial charge >= 0.3 is 0 Å². The Morgan fingerprint density at radius 1 is 1.25 bits per heavy atom. The summed E-state index contributed by atoms with van der Waals surface area (Å²) in [6.07, 6.45) is 3.39. The van der Waals surface area contributed by atoms with E-state index in [1.165, 1.54) is 0 Å². The Hall–Kier alpha value is -1.03. The van der Waals surface area contributed by atoms with Crippen LogP contribution in [-0.2, 0) is 6.54 Å². The largest absolute Gasteiger partial charge is 0.309 e. The molecule has 112 valence electrons. The predicted molar refractivity (Wildman–Crippen MR) is 84.4 cm³/mol. The highest BCUT2D eigenvalue weighted by molar-refractivity contribution is 6.20. The molecular formula is C15H25ClN4. The van der Waals surface area contributed by atoms with Crippen molar-refractivity contribution in [1.82, 2.24) is 19.3 Å². The Morgan fingerprint density at radius 3 is 2.45 bits per heavy atom. The molecule has 20 heavy (non-hydrogen) atoms. The number of halogens is 1. The summed E-state index contributed by atoms with van der Waals surface area (Å²) in [5, 5.41) is 4.51. The van der Waals surface area contributed by atoms with E-state index >= 15 is 0 Å². The number of imidazole rings is 1. The van der Waals surface area contributed by atoms with Crippen LogP contribution in [0, 0.1) is 6.92 Å². The van der Waals surface area contributed by atoms with Crippen LogP contribution in [-0.4, -0.2) is 19.3 Å². The van der Waals surface area contributed by atoms with E-state index in [9.17, 15) is 0 Å². The van der Waals surface area contributed by atoms with E-state index in [4.69, 9.17) is 16.6 Å². The van der Waals surface area contributed by atoms with E-state index in [-0.39, 0.29) is 5.38 Å². The minimum absolute atomic E-state index is 0.0852. The van der Waals surface area contributed by atoms with E-state index in [1.54, 1.807) is 0 Å². The molecule has 2 heterocycles. The number of aromatic nitrogens is 4. The summed E-state index contributed by atoms with van der Waals surface area (Å²) in [6.45, 7) is 11.5. The highest BCUT2D eigenvalue weighted by atomic mass is 35.5. The van der Waals surface area contributed by atoms with Gasteiger partial charge in [-0.1, -0.05) is 20.3 Å². The van der Waals surface area contributed by atoms with Gasteiger partial charge in [0.2, 0.25) is 0 Å². The first-order chi connectivity index (χ1) is 9.54. The van der Waals surface area contributed by atoms with Gasteiger partial charge in [-0.2, -0.15) is 5.10 Å². The first-order valence-electron chi connectivity index (χ1n) is 7.64. The minimum Gasteiger partial charge on any atom is -0.309 e. The second kappa shape index (κ2) is 6.17. The molecular weight excluding hydrogens is 272 g/mol. The first-order valence-corrected chi connectivity index (χ1v) is 8.07. The zero-order chi connectivity index (χ0) is 14.9. The Kier molecular flexibility index (Phi) is 4.74. The molecule has 0 aromatic carbocycles. The number of hydrogen-bond donors (Lipinski definition) is 0. The van der Waals surface area contributed by atoms with Gasteiger partial charge in [0.1, 0.15) is 11.3 Å². The standard InChI is InChI=1S/C15H25ClN4/c1-6-9-12(7-2)20-14(10(4)16)17-13-11(5)18-19(8-3)15(13)20/h10,12H,6-9H2,1-5H3. The number of aryl methyl sites for hydroxylation is 2. The van der Waals surface area contributed by atoms with Gasteiger partial charge < -0.3 is 4.57 Å². The molecule has 0 spiro atoms. The van der Waals surface area contributed by atoms with E-state index < -0.39 is 0 Å². The number of hydrogen-bond acceptors (Lipinski definition) is 2. The van der Waals surface area contributed by atoms with E-state index in [0.29, 0.717) is 6.04 Å². The smallest absolute Gasteiger partial charge is 0.159 e. The highest BCUT2D eigenvalue weighted by Crippen LogP contribution is 2.32. The Balaban J connectivity index is 2.72. The van der Waals surface area contributed by atoms with Crippen molar-refractivity contribution in [1.29, 1.82) is 0 Å². The average molecular weight is 297 g/mol. The Morgan fingerprint density at radius 2 is 1.95 bits per heavy atom. The maximum absolute atomic E-state index is 6.37. The molecule has 0 radical (unpaired) electrons. The van der Waals surface area contributed by atoms with Crippen LogP contribution >= 0.6 is 11.6 Å². The average Bonchev–Trinajstić information content (AvgIpc) is 2.94. The van der Waals surface area contributed by atoms with Crippen molar-refractivity contribution in [3.05, 3.63) is 11.5 Å². The van der Waals surface area contributed by atoms with Gasteiger partial charge in [-0.3, -0.25) is 0 Å². The van der Waals surface area contributed by atoms with Crippen LogP contribution in [0.1, 0.15) is 69.9 Å². The number of nitrogens with zero attached hydrogens (tertiary/aromatic N) is 4. The number of fused-ring (bicyclic) bond motifs is 1. The normalized spacial score (nSPS) is 14.9. The lowest BCUT2D eigenvalue weighted by Gasteiger charge is -2.21. The lowest BCUT2D eigenvalue weighted by Crippen LogP contribution is -2.15. The number of rotatable bonds is 6. The third kappa shape index (κ3) is 2.46. The molecule has 0 amide bonds. The maximum Gasteiger partial charge on any atom is 0.159 e. The zero-order valence-corrected chi connectivity index (χ0v) is 13.9. The van der Waals surface area contributed by atoms with E-state index in [2.05, 4.69) is 35.1 Å². The summed E-state index contributed by atoms with van der Waals surface area (Å²) in [6, 6.07) is 0.447. The van der Waals surface area contributed by atoms with Gasteiger partial charge in [-0.05, 0) is 33.6 Å². The monoisotopic (exact) mass is 296 g/mol. The summed E-state index contributed by atoms with van der Waals surface area (Å²) < 4.78 is 4.39. The van der Waals surface area contributed by atoms with Crippen LogP contribution in [0.15, 0.2) is 0 Å². The summed E-state index contributed by atoms with van der Waals surface area (Å²) in [7, 11) is 0. The van der Waals surface area contributed by atoms with Crippen molar-refractivity contribution in [2.24, 2.45) is 0 Å². The highest BCUT2D eigenvalue weighted by Gasteiger charge is 2.24. The fourth-order valence-electron chi connectivity index (χ4n) is 2.92. The molecule has 5 heteroatoms. The van der Waals surface area contributed by atoms with Gasteiger partial charge in [0.15, 0.2) is 5.65 Å². The maximum atomic E-state index is 6.37. The Labute approximate surface area is 126 Å². The Bertz CT molecular complexity index is 582. The second-order valence-corrected chi connectivity index (χ2v) is 6.03. The molecule has 2 aromatic rings. The molecule has 0 N–H and O–H groups in total. The van der Waals surface area contributed by atoms with Crippen LogP contribution in [0.5, 0.6) is 0 Å². The predicted octanol–water partition coefficient (Wildman–Crippen LogP) is 4.61. The lowest BCUT2D eigenvalue weighted by molar-refractivity contribution is 0.434. The topological polar surface area (TPSA) is 35.6 Å². The molecule has 0 aliphatic heterocycles. The molecule has 0 aliphatic rings. The van der Waals surface area contributed by atoms with Crippen molar-refractivity contribution in [3.63, 3.8) is 0 Å². The molecule has 0 saturated carbocycles. The third-order valence-corrected chi connectivity index (χ3v) is 4.08. The van der Waals surface area contributed by atoms with Crippen molar-refractivity contribution >= 4 is 22.8 Å². The summed E-state index contributed by atoms with van der Waals surface area (Å²) in [5.74, 6) is 0.977. The minimum atomic E-state index is -0.0852. The van der Waals surface area contributed by atoms with Crippen molar-refractivity contribution < 1.29 is 0 Å². The van der Waals surface area contributed by atoms with Gasteiger partial charge in [-0.15, -0.1) is 11.6 Å². The van der Waals surface area contributed by atoms with E-state index in [1.807, 2.05) is 13.8 Å². The molecule has 0 bridgehead atoms. The molecule has 0 saturated heterocycles. The molecule has 2 atom stereocenters. The van der Waals surface area contributed by atoms with Crippen molar-refractivity contribution in [2.45, 2.75) is 71.8 Å². The quantitative estimate of drug-likeness (QED) is 0.730. The van der Waals surface area contributed by atoms with Crippen LogP contribution in [0.25, 0.3) is 11.2 Å². The first kappa shape index (κ1) is 15.4. The zero-order valence-electron chi connectivity index (χ0n) is 13.1. The summed E-state index contributed by atoms with van der Waals surface area (Å²) >= 11 is 6.37. The molecule has 2 rings (SSSR count). The molecule has 4 nitrogen and oxygen atoms in total. The SMILES string of the molecule is CCCC(CC)n1c(C(C)Cl)nc2c(C)nn(CC)c21. The van der Waals surface area contributed by atoms with Crippen LogP contribution in [0.2, 0.25) is 0 Å². The van der Waals surface area contributed by atoms with Crippen LogP contribution < -0.4 is 0 Å². The van der Waals surface area contributed by atoms with Crippen LogP contribution in [0.3, 0.4) is 0 Å². The van der Waals surface area contributed by atoms with Crippen molar-refractivity contribution in [2.75, 3.05) is 0 Å². The number of alkyl halides is 1. The summed E-state index contributed by atoms with van der Waals surface area (Å²) in [4.78, 5) is 4.78. The lowest BCUT2D eigenvalue weighted by atomic mass is 10.1. The van der Waals surface area contributed by atoms with Crippen LogP contribution in [0.4, 0.5) is 0 Å². The fraction of sp³-hybridized carbons (Fsp3) is 0.733. The fourth-order valence-corrected chi connectivity index (χ4v) is 3.07. The molecule has 2 unspecified atom stereocenters.